The molecule has 0 bridgehead atoms. The van der Waals surface area contributed by atoms with Crippen molar-refractivity contribution in [3.05, 3.63) is 71.9 Å². The Morgan fingerprint density at radius 2 is 1.89 bits per heavy atom. The van der Waals surface area contributed by atoms with Crippen molar-refractivity contribution in [1.29, 1.82) is 0 Å². The van der Waals surface area contributed by atoms with E-state index in [4.69, 9.17) is 14.2 Å². The Morgan fingerprint density at radius 3 is 2.64 bits per heavy atom. The Kier molecular flexibility index (Phi) is 6.22. The minimum atomic E-state index is -0.300. The zero-order chi connectivity index (χ0) is 19.9. The summed E-state index contributed by atoms with van der Waals surface area (Å²) in [5.74, 6) is 2.26. The van der Waals surface area contributed by atoms with Gasteiger partial charge in [0.1, 0.15) is 5.75 Å². The molecular formula is C22H24N2O4. The Balaban J connectivity index is 1.40. The molecule has 2 N–H and O–H groups in total. The van der Waals surface area contributed by atoms with Gasteiger partial charge in [-0.25, -0.2) is 0 Å². The summed E-state index contributed by atoms with van der Waals surface area (Å²) in [5.41, 5.74) is 8.00. The fourth-order valence-corrected chi connectivity index (χ4v) is 2.54. The molecule has 0 saturated carbocycles. The van der Waals surface area contributed by atoms with E-state index in [9.17, 15) is 4.79 Å². The van der Waals surface area contributed by atoms with Crippen LogP contribution in [0.1, 0.15) is 30.9 Å². The van der Waals surface area contributed by atoms with Gasteiger partial charge in [-0.2, -0.15) is 0 Å². The lowest BCUT2D eigenvalue weighted by atomic mass is 10.0. The van der Waals surface area contributed by atoms with E-state index in [1.807, 2.05) is 48.5 Å². The molecule has 0 aromatic heterocycles. The van der Waals surface area contributed by atoms with Gasteiger partial charge >= 0.3 is 0 Å². The molecule has 0 radical (unpaired) electrons. The van der Waals surface area contributed by atoms with Crippen molar-refractivity contribution < 1.29 is 19.0 Å². The first-order valence-electron chi connectivity index (χ1n) is 9.05. The SMILES string of the molecule is C=C(C=Cc1ccc2c(c1)OCO2)NNC(=O)COc1ccc(C(C)C)cc1. The number of hydrogen-bond acceptors (Lipinski definition) is 5. The standard InChI is InChI=1S/C22H24N2O4/c1-15(2)18-7-9-19(10-8-18)26-13-22(25)24-23-16(3)4-5-17-6-11-20-21(12-17)28-14-27-20/h4-12,15,23H,3,13-14H2,1-2H3,(H,24,25). The van der Waals surface area contributed by atoms with Crippen LogP contribution >= 0.6 is 0 Å². The highest BCUT2D eigenvalue weighted by Crippen LogP contribution is 2.32. The lowest BCUT2D eigenvalue weighted by Gasteiger charge is -2.10. The molecule has 146 valence electrons. The van der Waals surface area contributed by atoms with Crippen LogP contribution in [0.25, 0.3) is 6.08 Å². The summed E-state index contributed by atoms with van der Waals surface area (Å²) in [7, 11) is 0. The molecule has 6 heteroatoms. The lowest BCUT2D eigenvalue weighted by Crippen LogP contribution is -2.39. The fourth-order valence-electron chi connectivity index (χ4n) is 2.54. The number of rotatable bonds is 8. The van der Waals surface area contributed by atoms with Crippen molar-refractivity contribution in [2.24, 2.45) is 0 Å². The number of hydrazine groups is 1. The second-order valence-electron chi connectivity index (χ2n) is 6.66. The van der Waals surface area contributed by atoms with E-state index in [1.165, 1.54) is 5.56 Å². The molecule has 0 spiro atoms. The highest BCUT2D eigenvalue weighted by Gasteiger charge is 2.12. The molecule has 0 atom stereocenters. The van der Waals surface area contributed by atoms with E-state index >= 15 is 0 Å². The van der Waals surface area contributed by atoms with E-state index in [0.717, 1.165) is 11.3 Å². The molecule has 3 rings (SSSR count). The molecule has 28 heavy (non-hydrogen) atoms. The Morgan fingerprint density at radius 1 is 1.14 bits per heavy atom. The topological polar surface area (TPSA) is 68.8 Å². The molecule has 1 amide bonds. The second-order valence-corrected chi connectivity index (χ2v) is 6.66. The monoisotopic (exact) mass is 380 g/mol. The average Bonchev–Trinajstić information content (AvgIpc) is 3.17. The van der Waals surface area contributed by atoms with Crippen LogP contribution in [-0.4, -0.2) is 19.3 Å². The minimum Gasteiger partial charge on any atom is -0.484 e. The number of carbonyl (C=O) groups excluding carboxylic acids is 1. The first-order valence-corrected chi connectivity index (χ1v) is 9.05. The molecule has 1 aliphatic heterocycles. The molecule has 0 aliphatic carbocycles. The van der Waals surface area contributed by atoms with Gasteiger partial charge in [0, 0.05) is 5.70 Å². The van der Waals surface area contributed by atoms with Crippen LogP contribution in [0, 0.1) is 0 Å². The highest BCUT2D eigenvalue weighted by molar-refractivity contribution is 5.77. The van der Waals surface area contributed by atoms with Crippen LogP contribution in [0.2, 0.25) is 0 Å². The number of benzene rings is 2. The van der Waals surface area contributed by atoms with Gasteiger partial charge in [-0.1, -0.05) is 44.7 Å². The van der Waals surface area contributed by atoms with Crippen molar-refractivity contribution in [3.63, 3.8) is 0 Å². The quantitative estimate of drug-likeness (QED) is 0.539. The normalized spacial score (nSPS) is 12.2. The number of carbonyl (C=O) groups is 1. The van der Waals surface area contributed by atoms with Gasteiger partial charge in [-0.15, -0.1) is 0 Å². The smallest absolute Gasteiger partial charge is 0.276 e. The average molecular weight is 380 g/mol. The largest absolute Gasteiger partial charge is 0.484 e. The molecule has 6 nitrogen and oxygen atoms in total. The fraction of sp³-hybridized carbons (Fsp3) is 0.227. The maximum atomic E-state index is 11.9. The predicted molar refractivity (Wildman–Crippen MR) is 108 cm³/mol. The first-order chi connectivity index (χ1) is 13.5. The van der Waals surface area contributed by atoms with Crippen LogP contribution in [0.15, 0.2) is 60.8 Å². The third-order valence-corrected chi connectivity index (χ3v) is 4.15. The molecule has 0 fully saturated rings. The highest BCUT2D eigenvalue weighted by atomic mass is 16.7. The van der Waals surface area contributed by atoms with E-state index in [0.29, 0.717) is 23.1 Å². The first kappa shape index (κ1) is 19.4. The molecule has 2 aromatic carbocycles. The van der Waals surface area contributed by atoms with Crippen LogP contribution in [0.5, 0.6) is 17.2 Å². The third kappa shape index (κ3) is 5.30. The van der Waals surface area contributed by atoms with Gasteiger partial charge in [0.05, 0.1) is 0 Å². The van der Waals surface area contributed by atoms with Gasteiger partial charge in [-0.3, -0.25) is 15.6 Å². The van der Waals surface area contributed by atoms with Crippen molar-refractivity contribution in [3.8, 4) is 17.2 Å². The number of nitrogens with one attached hydrogen (secondary N) is 2. The number of amides is 1. The maximum absolute atomic E-state index is 11.9. The van der Waals surface area contributed by atoms with E-state index in [1.54, 1.807) is 6.08 Å². The van der Waals surface area contributed by atoms with Crippen LogP contribution < -0.4 is 25.1 Å². The molecule has 0 saturated heterocycles. The summed E-state index contributed by atoms with van der Waals surface area (Å²) in [6.45, 7) is 8.26. The Bertz CT molecular complexity index is 873. The summed E-state index contributed by atoms with van der Waals surface area (Å²) < 4.78 is 16.1. The Hall–Kier alpha value is -3.41. The van der Waals surface area contributed by atoms with Gasteiger partial charge in [-0.05, 0) is 47.4 Å². The number of allylic oxidation sites excluding steroid dienone is 1. The van der Waals surface area contributed by atoms with E-state index in [2.05, 4.69) is 31.3 Å². The third-order valence-electron chi connectivity index (χ3n) is 4.15. The summed E-state index contributed by atoms with van der Waals surface area (Å²) >= 11 is 0. The molecule has 2 aromatic rings. The zero-order valence-corrected chi connectivity index (χ0v) is 16.0. The molecular weight excluding hydrogens is 356 g/mol. The summed E-state index contributed by atoms with van der Waals surface area (Å²) in [6, 6.07) is 13.4. The van der Waals surface area contributed by atoms with Crippen LogP contribution in [0.3, 0.4) is 0 Å². The van der Waals surface area contributed by atoms with Crippen LogP contribution in [-0.2, 0) is 4.79 Å². The maximum Gasteiger partial charge on any atom is 0.276 e. The van der Waals surface area contributed by atoms with Crippen molar-refractivity contribution in [2.45, 2.75) is 19.8 Å². The zero-order valence-electron chi connectivity index (χ0n) is 16.0. The van der Waals surface area contributed by atoms with Crippen molar-refractivity contribution >= 4 is 12.0 Å². The Labute approximate surface area is 164 Å². The van der Waals surface area contributed by atoms with Gasteiger partial charge in [0.15, 0.2) is 18.1 Å². The summed E-state index contributed by atoms with van der Waals surface area (Å²) in [5, 5.41) is 0. The molecule has 1 aliphatic rings. The van der Waals surface area contributed by atoms with Crippen molar-refractivity contribution in [2.75, 3.05) is 13.4 Å². The minimum absolute atomic E-state index is 0.0901. The van der Waals surface area contributed by atoms with Gasteiger partial charge in [0.25, 0.3) is 5.91 Å². The summed E-state index contributed by atoms with van der Waals surface area (Å²) in [6.07, 6.45) is 3.61. The van der Waals surface area contributed by atoms with Gasteiger partial charge in [0.2, 0.25) is 6.79 Å². The van der Waals surface area contributed by atoms with Gasteiger partial charge < -0.3 is 14.2 Å². The van der Waals surface area contributed by atoms with E-state index < -0.39 is 0 Å². The molecule has 0 unspecified atom stereocenters. The van der Waals surface area contributed by atoms with E-state index in [-0.39, 0.29) is 19.3 Å². The molecule has 1 heterocycles. The number of hydrogen-bond donors (Lipinski definition) is 2. The lowest BCUT2D eigenvalue weighted by molar-refractivity contribution is -0.123. The number of fused-ring (bicyclic) bond motifs is 1. The number of ether oxygens (including phenoxy) is 3. The second kappa shape index (κ2) is 8.99. The predicted octanol–water partition coefficient (Wildman–Crippen LogP) is 3.77. The van der Waals surface area contributed by atoms with Crippen LogP contribution in [0.4, 0.5) is 0 Å². The van der Waals surface area contributed by atoms with Crippen molar-refractivity contribution in [1.82, 2.24) is 10.9 Å². The summed E-state index contributed by atoms with van der Waals surface area (Å²) in [4.78, 5) is 11.9.